The molecule has 0 bridgehead atoms. The highest BCUT2D eigenvalue weighted by Crippen LogP contribution is 2.26. The second kappa shape index (κ2) is 6.97. The molecule has 0 aliphatic heterocycles. The summed E-state index contributed by atoms with van der Waals surface area (Å²) < 4.78 is 36.5. The van der Waals surface area contributed by atoms with E-state index >= 15 is 0 Å². The molecule has 0 unspecified atom stereocenters. The number of nitrogens with zero attached hydrogens (tertiary/aromatic N) is 2. The minimum atomic E-state index is -4.29. The summed E-state index contributed by atoms with van der Waals surface area (Å²) in [6.45, 7) is 0. The van der Waals surface area contributed by atoms with E-state index in [9.17, 15) is 18.0 Å². The van der Waals surface area contributed by atoms with Gasteiger partial charge >= 0.3 is 6.18 Å². The van der Waals surface area contributed by atoms with Crippen LogP contribution < -0.4 is 5.32 Å². The molecule has 2 heterocycles. The summed E-state index contributed by atoms with van der Waals surface area (Å²) in [7, 11) is 0. The molecule has 9 heteroatoms. The van der Waals surface area contributed by atoms with Crippen molar-refractivity contribution in [2.24, 2.45) is 0 Å². The Morgan fingerprint density at radius 3 is 2.68 bits per heavy atom. The van der Waals surface area contributed by atoms with Crippen LogP contribution in [0.3, 0.4) is 0 Å². The van der Waals surface area contributed by atoms with Gasteiger partial charge in [-0.2, -0.15) is 13.2 Å². The highest BCUT2D eigenvalue weighted by molar-refractivity contribution is 7.99. The van der Waals surface area contributed by atoms with Crippen LogP contribution in [-0.2, 0) is 0 Å². The Labute approximate surface area is 133 Å². The van der Waals surface area contributed by atoms with Gasteiger partial charge in [0.15, 0.2) is 0 Å². The van der Waals surface area contributed by atoms with E-state index in [1.165, 1.54) is 30.6 Å². The van der Waals surface area contributed by atoms with E-state index in [0.29, 0.717) is 17.4 Å². The number of carbonyl (C=O) groups excluding carboxylic acids is 1. The van der Waals surface area contributed by atoms with Gasteiger partial charge in [0.25, 0.3) is 5.91 Å². The molecule has 2 aromatic rings. The lowest BCUT2D eigenvalue weighted by Crippen LogP contribution is -2.13. The quantitative estimate of drug-likeness (QED) is 0.670. The fourth-order valence-electron chi connectivity index (χ4n) is 1.44. The summed E-state index contributed by atoms with van der Waals surface area (Å²) in [4.78, 5) is 19.6. The number of amides is 1. The number of nitrogens with one attached hydrogen (secondary N) is 1. The number of aromatic nitrogens is 2. The van der Waals surface area contributed by atoms with Crippen molar-refractivity contribution in [1.29, 1.82) is 0 Å². The molecule has 2 aromatic heterocycles. The molecule has 0 aromatic carbocycles. The molecule has 0 saturated heterocycles. The van der Waals surface area contributed by atoms with Crippen LogP contribution in [0.2, 0.25) is 5.15 Å². The zero-order valence-electron chi connectivity index (χ0n) is 10.9. The zero-order chi connectivity index (χ0) is 16.2. The monoisotopic (exact) mass is 347 g/mol. The van der Waals surface area contributed by atoms with Gasteiger partial charge in [-0.1, -0.05) is 23.4 Å². The van der Waals surface area contributed by atoms with Crippen LogP contribution in [0.5, 0.6) is 0 Å². The van der Waals surface area contributed by atoms with Gasteiger partial charge in [-0.05, 0) is 24.3 Å². The molecule has 4 nitrogen and oxygen atoms in total. The average molecular weight is 348 g/mol. The summed E-state index contributed by atoms with van der Waals surface area (Å²) >= 11 is 6.15. The van der Waals surface area contributed by atoms with Crippen LogP contribution in [-0.4, -0.2) is 27.8 Å². The van der Waals surface area contributed by atoms with E-state index in [4.69, 9.17) is 11.6 Å². The van der Waals surface area contributed by atoms with Crippen molar-refractivity contribution in [1.82, 2.24) is 9.97 Å². The fraction of sp³-hybridized carbons (Fsp3) is 0.154. The summed E-state index contributed by atoms with van der Waals surface area (Å²) in [5.41, 5.74) is 0.630. The molecule has 116 valence electrons. The fourth-order valence-corrected chi connectivity index (χ4v) is 2.21. The van der Waals surface area contributed by atoms with Gasteiger partial charge in [0, 0.05) is 11.8 Å². The molecule has 0 radical (unpaired) electrons. The Morgan fingerprint density at radius 2 is 2.05 bits per heavy atom. The minimum absolute atomic E-state index is 0.124. The average Bonchev–Trinajstić information content (AvgIpc) is 2.47. The molecule has 0 aliphatic carbocycles. The highest BCUT2D eigenvalue weighted by atomic mass is 35.5. The molecular formula is C13H9ClF3N3OS. The molecule has 22 heavy (non-hydrogen) atoms. The maximum atomic E-state index is 12.2. The van der Waals surface area contributed by atoms with Crippen LogP contribution in [0.15, 0.2) is 41.7 Å². The molecule has 1 N–H and O–H groups in total. The van der Waals surface area contributed by atoms with Gasteiger partial charge in [-0.15, -0.1) is 0 Å². The number of halogens is 4. The van der Waals surface area contributed by atoms with Crippen molar-refractivity contribution in [3.63, 3.8) is 0 Å². The van der Waals surface area contributed by atoms with Crippen LogP contribution in [0.1, 0.15) is 10.4 Å². The summed E-state index contributed by atoms with van der Waals surface area (Å²) in [5.74, 6) is -1.54. The van der Waals surface area contributed by atoms with Crippen LogP contribution in [0.25, 0.3) is 0 Å². The Kier molecular flexibility index (Phi) is 5.25. The molecule has 0 atom stereocenters. The van der Waals surface area contributed by atoms with Crippen LogP contribution >= 0.6 is 23.4 Å². The van der Waals surface area contributed by atoms with Crippen molar-refractivity contribution in [3.05, 3.63) is 47.4 Å². The van der Waals surface area contributed by atoms with Crippen LogP contribution in [0.4, 0.5) is 18.9 Å². The van der Waals surface area contributed by atoms with Crippen molar-refractivity contribution in [2.45, 2.75) is 11.2 Å². The first-order valence-electron chi connectivity index (χ1n) is 5.92. The Bertz CT molecular complexity index is 664. The molecule has 2 rings (SSSR count). The van der Waals surface area contributed by atoms with E-state index in [1.807, 2.05) is 0 Å². The third kappa shape index (κ3) is 5.19. The summed E-state index contributed by atoms with van der Waals surface area (Å²) in [6, 6.07) is 5.79. The van der Waals surface area contributed by atoms with Gasteiger partial charge in [0.05, 0.1) is 22.7 Å². The van der Waals surface area contributed by atoms with E-state index < -0.39 is 17.8 Å². The second-order valence-electron chi connectivity index (χ2n) is 4.11. The number of alkyl halides is 3. The summed E-state index contributed by atoms with van der Waals surface area (Å²) in [6.07, 6.45) is -1.63. The number of thioether (sulfide) groups is 1. The topological polar surface area (TPSA) is 54.9 Å². The number of hydrogen-bond donors (Lipinski definition) is 1. The van der Waals surface area contributed by atoms with Crippen LogP contribution in [0, 0.1) is 0 Å². The number of pyridine rings is 2. The third-order valence-electron chi connectivity index (χ3n) is 2.37. The Balaban J connectivity index is 2.05. The maximum Gasteiger partial charge on any atom is 0.398 e. The van der Waals surface area contributed by atoms with Gasteiger partial charge in [-0.3, -0.25) is 4.79 Å². The van der Waals surface area contributed by atoms with E-state index in [2.05, 4.69) is 15.3 Å². The third-order valence-corrected chi connectivity index (χ3v) is 3.58. The molecule has 1 amide bonds. The number of anilines is 1. The maximum absolute atomic E-state index is 12.2. The lowest BCUT2D eigenvalue weighted by molar-refractivity contribution is -0.105. The predicted molar refractivity (Wildman–Crippen MR) is 78.2 cm³/mol. The smallest absolute Gasteiger partial charge is 0.321 e. The standard InChI is InChI=1S/C13H9ClF3N3OS/c14-10-2-1-9(6-19-10)20-12(21)8-3-4-18-11(5-8)22-7-13(15,16)17/h1-6H,7H2,(H,20,21). The Hall–Kier alpha value is -1.80. The lowest BCUT2D eigenvalue weighted by atomic mass is 10.2. The highest BCUT2D eigenvalue weighted by Gasteiger charge is 2.27. The van der Waals surface area contributed by atoms with E-state index in [1.54, 1.807) is 6.07 Å². The van der Waals surface area contributed by atoms with Crippen molar-refractivity contribution in [3.8, 4) is 0 Å². The number of carbonyl (C=O) groups is 1. The second-order valence-corrected chi connectivity index (χ2v) is 5.49. The van der Waals surface area contributed by atoms with Gasteiger partial charge in [0.2, 0.25) is 0 Å². The first-order chi connectivity index (χ1) is 10.3. The molecule has 0 saturated carbocycles. The number of hydrogen-bond acceptors (Lipinski definition) is 4. The van der Waals surface area contributed by atoms with Crippen molar-refractivity contribution in [2.75, 3.05) is 11.1 Å². The minimum Gasteiger partial charge on any atom is -0.321 e. The molecule has 0 spiro atoms. The van der Waals surface area contributed by atoms with E-state index in [0.717, 1.165) is 0 Å². The lowest BCUT2D eigenvalue weighted by Gasteiger charge is -2.07. The SMILES string of the molecule is O=C(Nc1ccc(Cl)nc1)c1ccnc(SCC(F)(F)F)c1. The Morgan fingerprint density at radius 1 is 1.27 bits per heavy atom. The van der Waals surface area contributed by atoms with Crippen molar-refractivity contribution >= 4 is 35.0 Å². The van der Waals surface area contributed by atoms with Gasteiger partial charge in [0.1, 0.15) is 5.15 Å². The summed E-state index contributed by atoms with van der Waals surface area (Å²) in [5, 5.41) is 2.97. The molecule has 0 fully saturated rings. The largest absolute Gasteiger partial charge is 0.398 e. The first kappa shape index (κ1) is 16.6. The van der Waals surface area contributed by atoms with Crippen molar-refractivity contribution < 1.29 is 18.0 Å². The normalized spacial score (nSPS) is 11.3. The van der Waals surface area contributed by atoms with Gasteiger partial charge < -0.3 is 5.32 Å². The predicted octanol–water partition coefficient (Wildman–Crippen LogP) is 4.04. The zero-order valence-corrected chi connectivity index (χ0v) is 12.5. The first-order valence-corrected chi connectivity index (χ1v) is 7.28. The molecular weight excluding hydrogens is 339 g/mol. The van der Waals surface area contributed by atoms with E-state index in [-0.39, 0.29) is 15.7 Å². The van der Waals surface area contributed by atoms with Gasteiger partial charge in [-0.25, -0.2) is 9.97 Å². The number of rotatable bonds is 4. The molecule has 0 aliphatic rings.